The van der Waals surface area contributed by atoms with E-state index in [0.717, 1.165) is 30.4 Å². The summed E-state index contributed by atoms with van der Waals surface area (Å²) in [4.78, 5) is 2.57. The summed E-state index contributed by atoms with van der Waals surface area (Å²) in [6, 6.07) is 13.4. The molecule has 2 aromatic heterocycles. The van der Waals surface area contributed by atoms with E-state index in [9.17, 15) is 0 Å². The number of benzene rings is 1. The van der Waals surface area contributed by atoms with Crippen molar-refractivity contribution in [3.63, 3.8) is 0 Å². The maximum Gasteiger partial charge on any atom is 0.134 e. The Morgan fingerprint density at radius 3 is 2.82 bits per heavy atom. The third-order valence-corrected chi connectivity index (χ3v) is 4.79. The topological polar surface area (TPSA) is 21.3 Å². The summed E-state index contributed by atoms with van der Waals surface area (Å²) in [6.45, 7) is 4.67. The van der Waals surface area contributed by atoms with Crippen LogP contribution in [0.1, 0.15) is 25.5 Å². The Labute approximate surface area is 131 Å². The monoisotopic (exact) mass is 294 g/mol. The van der Waals surface area contributed by atoms with Crippen molar-refractivity contribution < 1.29 is 4.42 Å². The Balaban J connectivity index is 1.53. The van der Waals surface area contributed by atoms with E-state index in [4.69, 9.17) is 4.42 Å². The summed E-state index contributed by atoms with van der Waals surface area (Å²) in [7, 11) is 0. The summed E-state index contributed by atoms with van der Waals surface area (Å²) < 4.78 is 8.12. The second-order valence-corrected chi connectivity index (χ2v) is 6.30. The van der Waals surface area contributed by atoms with E-state index in [0.29, 0.717) is 0 Å². The molecule has 0 saturated carbocycles. The van der Waals surface area contributed by atoms with Gasteiger partial charge in [-0.05, 0) is 62.7 Å². The largest absolute Gasteiger partial charge is 0.461 e. The number of fused-ring (bicyclic) bond motifs is 1. The fourth-order valence-corrected chi connectivity index (χ4v) is 3.45. The maximum absolute atomic E-state index is 6.00. The van der Waals surface area contributed by atoms with Gasteiger partial charge in [0.25, 0.3) is 0 Å². The molecule has 3 heterocycles. The van der Waals surface area contributed by atoms with Gasteiger partial charge in [0, 0.05) is 42.5 Å². The summed E-state index contributed by atoms with van der Waals surface area (Å²) in [5.41, 5.74) is 2.17. The van der Waals surface area contributed by atoms with Crippen molar-refractivity contribution in [1.29, 1.82) is 0 Å². The van der Waals surface area contributed by atoms with Gasteiger partial charge in [-0.25, -0.2) is 0 Å². The molecule has 1 unspecified atom stereocenters. The lowest BCUT2D eigenvalue weighted by atomic mass is 10.2. The Morgan fingerprint density at radius 1 is 1.18 bits per heavy atom. The zero-order valence-corrected chi connectivity index (χ0v) is 13.0. The van der Waals surface area contributed by atoms with E-state index < -0.39 is 0 Å². The molecule has 4 rings (SSSR count). The van der Waals surface area contributed by atoms with E-state index in [1.165, 1.54) is 30.5 Å². The van der Waals surface area contributed by atoms with Crippen LogP contribution in [0.2, 0.25) is 0 Å². The number of hydrogen-bond donors (Lipinski definition) is 0. The van der Waals surface area contributed by atoms with Gasteiger partial charge in [-0.1, -0.05) is 0 Å². The van der Waals surface area contributed by atoms with Crippen LogP contribution < -0.4 is 0 Å². The van der Waals surface area contributed by atoms with Crippen LogP contribution in [0.3, 0.4) is 0 Å². The highest BCUT2D eigenvalue weighted by atomic mass is 16.3. The van der Waals surface area contributed by atoms with E-state index in [2.05, 4.69) is 53.0 Å². The van der Waals surface area contributed by atoms with Crippen molar-refractivity contribution in [2.45, 2.75) is 32.2 Å². The van der Waals surface area contributed by atoms with Crippen molar-refractivity contribution in [2.75, 3.05) is 13.1 Å². The van der Waals surface area contributed by atoms with Crippen molar-refractivity contribution in [1.82, 2.24) is 9.47 Å². The fourth-order valence-electron chi connectivity index (χ4n) is 3.45. The number of furan rings is 1. The highest BCUT2D eigenvalue weighted by Gasteiger charge is 2.20. The first-order valence-corrected chi connectivity index (χ1v) is 8.19. The van der Waals surface area contributed by atoms with Crippen LogP contribution in [0, 0.1) is 0 Å². The summed E-state index contributed by atoms with van der Waals surface area (Å²) in [5.74, 6) is 1.10. The normalized spacial score (nSPS) is 19.2. The molecule has 22 heavy (non-hydrogen) atoms. The molecule has 1 fully saturated rings. The predicted molar refractivity (Wildman–Crippen MR) is 89.5 cm³/mol. The molecule has 0 aliphatic carbocycles. The first-order chi connectivity index (χ1) is 10.8. The van der Waals surface area contributed by atoms with Gasteiger partial charge >= 0.3 is 0 Å². The molecule has 0 spiro atoms. The molecule has 1 saturated heterocycles. The van der Waals surface area contributed by atoms with E-state index in [1.54, 1.807) is 0 Å². The van der Waals surface area contributed by atoms with Crippen LogP contribution in [-0.2, 0) is 6.42 Å². The minimum absolute atomic E-state index is 0.727. The highest BCUT2D eigenvalue weighted by Crippen LogP contribution is 2.24. The third-order valence-electron chi connectivity index (χ3n) is 4.79. The van der Waals surface area contributed by atoms with Gasteiger partial charge in [0.05, 0.1) is 0 Å². The molecule has 0 bridgehead atoms. The zero-order chi connectivity index (χ0) is 14.9. The fraction of sp³-hybridized carbons (Fsp3) is 0.368. The molecule has 3 aromatic rings. The molecule has 0 N–H and O–H groups in total. The molecule has 1 atom stereocenters. The number of rotatable bonds is 4. The van der Waals surface area contributed by atoms with E-state index in [-0.39, 0.29) is 0 Å². The minimum Gasteiger partial charge on any atom is -0.461 e. The summed E-state index contributed by atoms with van der Waals surface area (Å²) in [6.07, 6.45) is 7.80. The first kappa shape index (κ1) is 13.6. The van der Waals surface area contributed by atoms with Crippen LogP contribution in [-0.4, -0.2) is 28.6 Å². The lowest BCUT2D eigenvalue weighted by Gasteiger charge is -2.19. The molecule has 114 valence electrons. The van der Waals surface area contributed by atoms with Crippen molar-refractivity contribution in [2.24, 2.45) is 0 Å². The van der Waals surface area contributed by atoms with E-state index in [1.807, 2.05) is 12.1 Å². The van der Waals surface area contributed by atoms with Crippen molar-refractivity contribution in [3.05, 3.63) is 54.6 Å². The second kappa shape index (κ2) is 5.65. The van der Waals surface area contributed by atoms with Gasteiger partial charge in [-0.15, -0.1) is 0 Å². The standard InChI is InChI=1S/C19H22N2O/c1-15-5-4-11-20(15)12-8-18-14-16-13-17(6-7-19(16)22-18)21-9-2-3-10-21/h2-3,6-7,9-10,13-15H,4-5,8,11-12H2,1H3. The molecule has 1 aliphatic rings. The van der Waals surface area contributed by atoms with Crippen LogP contribution in [0.5, 0.6) is 0 Å². The van der Waals surface area contributed by atoms with Gasteiger partial charge in [-0.2, -0.15) is 0 Å². The third kappa shape index (κ3) is 2.57. The summed E-state index contributed by atoms with van der Waals surface area (Å²) in [5, 5.41) is 1.19. The lowest BCUT2D eigenvalue weighted by Crippen LogP contribution is -2.28. The maximum atomic E-state index is 6.00. The second-order valence-electron chi connectivity index (χ2n) is 6.30. The molecule has 1 aliphatic heterocycles. The average Bonchev–Trinajstić information content (AvgIpc) is 3.25. The molecular formula is C19H22N2O. The Hall–Kier alpha value is -2.00. The molecule has 3 heteroatoms. The number of nitrogens with zero attached hydrogens (tertiary/aromatic N) is 2. The summed E-state index contributed by atoms with van der Waals surface area (Å²) >= 11 is 0. The number of hydrogen-bond acceptors (Lipinski definition) is 2. The predicted octanol–water partition coefficient (Wildman–Crippen LogP) is 4.25. The molecule has 3 nitrogen and oxygen atoms in total. The zero-order valence-electron chi connectivity index (χ0n) is 13.0. The van der Waals surface area contributed by atoms with Crippen molar-refractivity contribution in [3.8, 4) is 5.69 Å². The van der Waals surface area contributed by atoms with Gasteiger partial charge < -0.3 is 13.9 Å². The molecule has 1 aromatic carbocycles. The average molecular weight is 294 g/mol. The van der Waals surface area contributed by atoms with Gasteiger partial charge in [0.2, 0.25) is 0 Å². The van der Waals surface area contributed by atoms with Crippen LogP contribution >= 0.6 is 0 Å². The quantitative estimate of drug-likeness (QED) is 0.717. The van der Waals surface area contributed by atoms with Gasteiger partial charge in [0.15, 0.2) is 0 Å². The minimum atomic E-state index is 0.727. The first-order valence-electron chi connectivity index (χ1n) is 8.19. The van der Waals surface area contributed by atoms with Gasteiger partial charge in [-0.3, -0.25) is 0 Å². The Morgan fingerprint density at radius 2 is 2.05 bits per heavy atom. The Bertz CT molecular complexity index is 757. The number of aromatic nitrogens is 1. The van der Waals surface area contributed by atoms with E-state index >= 15 is 0 Å². The van der Waals surface area contributed by atoms with Crippen LogP contribution in [0.4, 0.5) is 0 Å². The SMILES string of the molecule is CC1CCCN1CCc1cc2cc(-n3cccc3)ccc2o1. The smallest absolute Gasteiger partial charge is 0.134 e. The Kier molecular flexibility index (Phi) is 3.51. The van der Waals surface area contributed by atoms with Crippen LogP contribution in [0.15, 0.2) is 53.2 Å². The van der Waals surface area contributed by atoms with Gasteiger partial charge in [0.1, 0.15) is 11.3 Å². The molecule has 0 amide bonds. The molecule has 0 radical (unpaired) electrons. The van der Waals surface area contributed by atoms with Crippen LogP contribution in [0.25, 0.3) is 16.7 Å². The highest BCUT2D eigenvalue weighted by molar-refractivity contribution is 5.80. The van der Waals surface area contributed by atoms with Crippen molar-refractivity contribution >= 4 is 11.0 Å². The lowest BCUT2D eigenvalue weighted by molar-refractivity contribution is 0.266. The molecular weight excluding hydrogens is 272 g/mol. The number of likely N-dealkylation sites (tertiary alicyclic amines) is 1.